The van der Waals surface area contributed by atoms with E-state index < -0.39 is 5.97 Å². The average Bonchev–Trinajstić information content (AvgIpc) is 2.81. The lowest BCUT2D eigenvalue weighted by Gasteiger charge is -2.13. The quantitative estimate of drug-likeness (QED) is 0.895. The third-order valence-corrected chi connectivity index (χ3v) is 4.06. The molecule has 1 aromatic carbocycles. The number of amides is 1. The fraction of sp³-hybridized carbons (Fsp3) is 0.429. The summed E-state index contributed by atoms with van der Waals surface area (Å²) in [7, 11) is 0. The Morgan fingerprint density at radius 2 is 2.11 bits per heavy atom. The fourth-order valence-corrected chi connectivity index (χ4v) is 2.63. The molecule has 5 heteroatoms. The molecular weight excluding hydrogens is 266 g/mol. The van der Waals surface area contributed by atoms with Gasteiger partial charge in [-0.05, 0) is 37.8 Å². The van der Waals surface area contributed by atoms with Crippen LogP contribution in [0.3, 0.4) is 0 Å². The second kappa shape index (κ2) is 5.61. The summed E-state index contributed by atoms with van der Waals surface area (Å²) in [5.74, 6) is -1.37. The number of benzene rings is 1. The summed E-state index contributed by atoms with van der Waals surface area (Å²) in [6.45, 7) is 1.84. The van der Waals surface area contributed by atoms with Gasteiger partial charge in [0.05, 0.1) is 16.5 Å². The van der Waals surface area contributed by atoms with Crippen LogP contribution in [0.25, 0.3) is 0 Å². The van der Waals surface area contributed by atoms with E-state index in [0.717, 1.165) is 5.56 Å². The third kappa shape index (κ3) is 3.07. The molecule has 2 rings (SSSR count). The highest BCUT2D eigenvalue weighted by Crippen LogP contribution is 2.27. The van der Waals surface area contributed by atoms with E-state index in [-0.39, 0.29) is 17.9 Å². The van der Waals surface area contributed by atoms with Crippen LogP contribution in [-0.4, -0.2) is 23.0 Å². The number of halogens is 1. The van der Waals surface area contributed by atoms with Crippen molar-refractivity contribution in [3.8, 4) is 0 Å². The zero-order chi connectivity index (χ0) is 14.0. The lowest BCUT2D eigenvalue weighted by Crippen LogP contribution is -2.33. The van der Waals surface area contributed by atoms with Crippen LogP contribution in [0.15, 0.2) is 18.2 Å². The summed E-state index contributed by atoms with van der Waals surface area (Å²) in [4.78, 5) is 23.0. The number of hydrogen-bond acceptors (Lipinski definition) is 2. The maximum Gasteiger partial charge on any atom is 0.306 e. The molecule has 1 saturated carbocycles. The molecule has 1 aliphatic rings. The van der Waals surface area contributed by atoms with E-state index in [4.69, 9.17) is 16.7 Å². The molecular formula is C14H16ClNO3. The summed E-state index contributed by atoms with van der Waals surface area (Å²) < 4.78 is 0. The van der Waals surface area contributed by atoms with Crippen molar-refractivity contribution in [1.82, 2.24) is 5.32 Å². The molecule has 0 heterocycles. The number of carboxylic acid groups (broad SMARTS) is 1. The van der Waals surface area contributed by atoms with Gasteiger partial charge in [-0.1, -0.05) is 23.7 Å². The first kappa shape index (κ1) is 13.9. The van der Waals surface area contributed by atoms with Crippen molar-refractivity contribution < 1.29 is 14.7 Å². The third-order valence-electron chi connectivity index (χ3n) is 3.55. The predicted molar refractivity (Wildman–Crippen MR) is 72.4 cm³/mol. The number of carbonyl (C=O) groups excluding carboxylic acids is 1. The summed E-state index contributed by atoms with van der Waals surface area (Å²) in [6.07, 6.45) is 1.80. The van der Waals surface area contributed by atoms with Crippen molar-refractivity contribution in [2.45, 2.75) is 32.2 Å². The van der Waals surface area contributed by atoms with Gasteiger partial charge in [-0.15, -0.1) is 0 Å². The Bertz CT molecular complexity index is 515. The summed E-state index contributed by atoms with van der Waals surface area (Å²) in [5, 5.41) is 12.2. The zero-order valence-electron chi connectivity index (χ0n) is 10.6. The summed E-state index contributed by atoms with van der Waals surface area (Å²) in [6, 6.07) is 5.22. The minimum Gasteiger partial charge on any atom is -0.481 e. The van der Waals surface area contributed by atoms with Crippen LogP contribution in [0.1, 0.15) is 35.2 Å². The van der Waals surface area contributed by atoms with E-state index in [0.29, 0.717) is 29.8 Å². The van der Waals surface area contributed by atoms with Crippen molar-refractivity contribution in [3.63, 3.8) is 0 Å². The zero-order valence-corrected chi connectivity index (χ0v) is 11.4. The molecule has 1 fully saturated rings. The molecule has 0 aliphatic heterocycles. The number of aliphatic carboxylic acids is 1. The predicted octanol–water partition coefficient (Wildman–Crippen LogP) is 2.63. The van der Waals surface area contributed by atoms with Gasteiger partial charge in [0.1, 0.15) is 0 Å². The molecule has 102 valence electrons. The molecule has 2 atom stereocenters. The van der Waals surface area contributed by atoms with Gasteiger partial charge in [0.25, 0.3) is 5.91 Å². The van der Waals surface area contributed by atoms with Gasteiger partial charge in [0.2, 0.25) is 0 Å². The van der Waals surface area contributed by atoms with Gasteiger partial charge >= 0.3 is 5.97 Å². The minimum atomic E-state index is -0.787. The summed E-state index contributed by atoms with van der Waals surface area (Å²) >= 11 is 6.10. The Balaban J connectivity index is 2.02. The number of aryl methyl sites for hydroxylation is 1. The van der Waals surface area contributed by atoms with Crippen molar-refractivity contribution >= 4 is 23.5 Å². The monoisotopic (exact) mass is 281 g/mol. The normalized spacial score (nSPS) is 22.2. The van der Waals surface area contributed by atoms with Gasteiger partial charge in [0, 0.05) is 6.04 Å². The van der Waals surface area contributed by atoms with Gasteiger partial charge in [-0.25, -0.2) is 0 Å². The highest BCUT2D eigenvalue weighted by Gasteiger charge is 2.30. The Labute approximate surface area is 116 Å². The van der Waals surface area contributed by atoms with Crippen molar-refractivity contribution in [2.75, 3.05) is 0 Å². The molecule has 1 aliphatic carbocycles. The second-order valence-corrected chi connectivity index (χ2v) is 5.33. The smallest absolute Gasteiger partial charge is 0.306 e. The fourth-order valence-electron chi connectivity index (χ4n) is 2.42. The van der Waals surface area contributed by atoms with Gasteiger partial charge in [-0.2, -0.15) is 0 Å². The molecule has 19 heavy (non-hydrogen) atoms. The molecule has 0 aromatic heterocycles. The molecule has 1 aromatic rings. The standard InChI is InChI=1S/C14H16ClNO3/c1-8-3-2-4-11(12(8)15)13(17)16-10-6-5-9(7-10)14(18)19/h2-4,9-10H,5-7H2,1H3,(H,16,17)(H,18,19)/t9-,10+/m1/s1. The first-order valence-corrected chi connectivity index (χ1v) is 6.65. The highest BCUT2D eigenvalue weighted by molar-refractivity contribution is 6.34. The molecule has 2 N–H and O–H groups in total. The Kier molecular flexibility index (Phi) is 4.10. The SMILES string of the molecule is Cc1cccc(C(=O)N[C@H]2CC[C@@H](C(=O)O)C2)c1Cl. The average molecular weight is 282 g/mol. The van der Waals surface area contributed by atoms with E-state index in [1.54, 1.807) is 12.1 Å². The van der Waals surface area contributed by atoms with E-state index in [1.807, 2.05) is 13.0 Å². The largest absolute Gasteiger partial charge is 0.481 e. The highest BCUT2D eigenvalue weighted by atomic mass is 35.5. The first-order chi connectivity index (χ1) is 8.99. The van der Waals surface area contributed by atoms with Crippen LogP contribution < -0.4 is 5.32 Å². The topological polar surface area (TPSA) is 66.4 Å². The number of carbonyl (C=O) groups is 2. The summed E-state index contributed by atoms with van der Waals surface area (Å²) in [5.41, 5.74) is 1.30. The number of rotatable bonds is 3. The van der Waals surface area contributed by atoms with Crippen LogP contribution in [0.4, 0.5) is 0 Å². The van der Waals surface area contributed by atoms with E-state index in [1.165, 1.54) is 0 Å². The van der Waals surface area contributed by atoms with E-state index in [2.05, 4.69) is 5.32 Å². The number of carboxylic acids is 1. The second-order valence-electron chi connectivity index (χ2n) is 4.96. The van der Waals surface area contributed by atoms with Gasteiger partial charge < -0.3 is 10.4 Å². The van der Waals surface area contributed by atoms with E-state index >= 15 is 0 Å². The molecule has 0 radical (unpaired) electrons. The molecule has 4 nitrogen and oxygen atoms in total. The van der Waals surface area contributed by atoms with Gasteiger partial charge in [0.15, 0.2) is 0 Å². The van der Waals surface area contributed by atoms with Gasteiger partial charge in [-0.3, -0.25) is 9.59 Å². The number of hydrogen-bond donors (Lipinski definition) is 2. The molecule has 0 spiro atoms. The maximum absolute atomic E-state index is 12.1. The lowest BCUT2D eigenvalue weighted by molar-refractivity contribution is -0.141. The van der Waals surface area contributed by atoms with Crippen molar-refractivity contribution in [2.24, 2.45) is 5.92 Å². The Morgan fingerprint density at radius 1 is 1.37 bits per heavy atom. The molecule has 0 saturated heterocycles. The van der Waals surface area contributed by atoms with E-state index in [9.17, 15) is 9.59 Å². The van der Waals surface area contributed by atoms with Crippen LogP contribution >= 0.6 is 11.6 Å². The van der Waals surface area contributed by atoms with Crippen molar-refractivity contribution in [3.05, 3.63) is 34.3 Å². The molecule has 0 unspecified atom stereocenters. The Hall–Kier alpha value is -1.55. The number of nitrogens with one attached hydrogen (secondary N) is 1. The lowest BCUT2D eigenvalue weighted by atomic mass is 10.1. The first-order valence-electron chi connectivity index (χ1n) is 6.28. The Morgan fingerprint density at radius 3 is 2.74 bits per heavy atom. The maximum atomic E-state index is 12.1. The molecule has 1 amide bonds. The van der Waals surface area contributed by atoms with Crippen molar-refractivity contribution in [1.29, 1.82) is 0 Å². The van der Waals surface area contributed by atoms with Crippen LogP contribution in [0.5, 0.6) is 0 Å². The van der Waals surface area contributed by atoms with Crippen LogP contribution in [0, 0.1) is 12.8 Å². The minimum absolute atomic E-state index is 0.0785. The van der Waals surface area contributed by atoms with Crippen LogP contribution in [0.2, 0.25) is 5.02 Å². The van der Waals surface area contributed by atoms with Crippen LogP contribution in [-0.2, 0) is 4.79 Å². The molecule has 0 bridgehead atoms.